The third-order valence-electron chi connectivity index (χ3n) is 3.78. The number of Topliss-reactive ketones (excluding diaryl/α,β-unsaturated/α-hetero) is 1. The predicted molar refractivity (Wildman–Crippen MR) is 101 cm³/mol. The summed E-state index contributed by atoms with van der Waals surface area (Å²) in [6.07, 6.45) is 0.123. The SMILES string of the molecule is CCOc1ccc(C(=O)CCC(=O)NCc2cccc(S(N)(=O)=O)c2)cc1. The van der Waals surface area contributed by atoms with Gasteiger partial charge in [0.1, 0.15) is 5.75 Å². The average molecular weight is 390 g/mol. The summed E-state index contributed by atoms with van der Waals surface area (Å²) in [5, 5.41) is 7.75. The molecule has 0 bridgehead atoms. The van der Waals surface area contributed by atoms with E-state index >= 15 is 0 Å². The highest BCUT2D eigenvalue weighted by molar-refractivity contribution is 7.89. The lowest BCUT2D eigenvalue weighted by atomic mass is 10.1. The minimum absolute atomic E-state index is 0.0140. The third-order valence-corrected chi connectivity index (χ3v) is 4.69. The molecule has 144 valence electrons. The van der Waals surface area contributed by atoms with Crippen LogP contribution in [0, 0.1) is 0 Å². The molecular formula is C19H22N2O5S. The van der Waals surface area contributed by atoms with E-state index in [4.69, 9.17) is 9.88 Å². The van der Waals surface area contributed by atoms with Crippen LogP contribution in [0.2, 0.25) is 0 Å². The minimum atomic E-state index is -3.79. The van der Waals surface area contributed by atoms with E-state index in [1.54, 1.807) is 36.4 Å². The lowest BCUT2D eigenvalue weighted by molar-refractivity contribution is -0.121. The number of hydrogen-bond donors (Lipinski definition) is 2. The average Bonchev–Trinajstić information content (AvgIpc) is 2.65. The van der Waals surface area contributed by atoms with Crippen molar-refractivity contribution in [3.8, 4) is 5.75 Å². The van der Waals surface area contributed by atoms with Gasteiger partial charge in [-0.05, 0) is 48.9 Å². The molecule has 0 spiro atoms. The summed E-state index contributed by atoms with van der Waals surface area (Å²) < 4.78 is 28.0. The van der Waals surface area contributed by atoms with E-state index in [0.29, 0.717) is 23.5 Å². The summed E-state index contributed by atoms with van der Waals surface area (Å²) in [6.45, 7) is 2.58. The fourth-order valence-electron chi connectivity index (χ4n) is 2.40. The van der Waals surface area contributed by atoms with Gasteiger partial charge in [0.2, 0.25) is 15.9 Å². The van der Waals surface area contributed by atoms with E-state index in [1.807, 2.05) is 6.92 Å². The van der Waals surface area contributed by atoms with Gasteiger partial charge in [-0.25, -0.2) is 13.6 Å². The van der Waals surface area contributed by atoms with Crippen LogP contribution in [0.15, 0.2) is 53.4 Å². The number of hydrogen-bond acceptors (Lipinski definition) is 5. The largest absolute Gasteiger partial charge is 0.494 e. The number of benzene rings is 2. The zero-order valence-electron chi connectivity index (χ0n) is 15.0. The smallest absolute Gasteiger partial charge is 0.238 e. The number of carbonyl (C=O) groups excluding carboxylic acids is 2. The minimum Gasteiger partial charge on any atom is -0.494 e. The Morgan fingerprint density at radius 3 is 2.41 bits per heavy atom. The third kappa shape index (κ3) is 6.50. The van der Waals surface area contributed by atoms with Gasteiger partial charge in [-0.3, -0.25) is 9.59 Å². The highest BCUT2D eigenvalue weighted by Gasteiger charge is 2.11. The van der Waals surface area contributed by atoms with Crippen LogP contribution in [0.4, 0.5) is 0 Å². The van der Waals surface area contributed by atoms with Gasteiger partial charge in [-0.1, -0.05) is 12.1 Å². The Hall–Kier alpha value is -2.71. The van der Waals surface area contributed by atoms with Crippen molar-refractivity contribution < 1.29 is 22.7 Å². The van der Waals surface area contributed by atoms with Crippen LogP contribution < -0.4 is 15.2 Å². The first-order chi connectivity index (χ1) is 12.8. The first kappa shape index (κ1) is 20.6. The molecule has 0 aromatic heterocycles. The van der Waals surface area contributed by atoms with Crippen molar-refractivity contribution in [3.63, 3.8) is 0 Å². The highest BCUT2D eigenvalue weighted by atomic mass is 32.2. The molecule has 0 saturated carbocycles. The van der Waals surface area contributed by atoms with Crippen molar-refractivity contribution in [2.75, 3.05) is 6.61 Å². The van der Waals surface area contributed by atoms with Crippen LogP contribution in [-0.2, 0) is 21.4 Å². The summed E-state index contributed by atoms with van der Waals surface area (Å²) in [5.74, 6) is 0.258. The molecule has 8 heteroatoms. The van der Waals surface area contributed by atoms with Gasteiger partial charge in [0.25, 0.3) is 0 Å². The summed E-state index contributed by atoms with van der Waals surface area (Å²) >= 11 is 0. The van der Waals surface area contributed by atoms with Crippen molar-refractivity contribution in [2.45, 2.75) is 31.2 Å². The Morgan fingerprint density at radius 2 is 1.78 bits per heavy atom. The molecule has 0 unspecified atom stereocenters. The molecular weight excluding hydrogens is 368 g/mol. The Kier molecular flexibility index (Phi) is 7.09. The molecule has 0 heterocycles. The topological polar surface area (TPSA) is 116 Å². The van der Waals surface area contributed by atoms with Gasteiger partial charge in [0, 0.05) is 24.9 Å². The first-order valence-corrected chi connectivity index (χ1v) is 9.98. The van der Waals surface area contributed by atoms with Crippen molar-refractivity contribution in [1.29, 1.82) is 0 Å². The fraction of sp³-hybridized carbons (Fsp3) is 0.263. The van der Waals surface area contributed by atoms with Crippen molar-refractivity contribution in [2.24, 2.45) is 5.14 Å². The summed E-state index contributed by atoms with van der Waals surface area (Å²) in [7, 11) is -3.79. The first-order valence-electron chi connectivity index (χ1n) is 8.44. The Morgan fingerprint density at radius 1 is 1.07 bits per heavy atom. The zero-order chi connectivity index (χ0) is 19.9. The molecule has 27 heavy (non-hydrogen) atoms. The number of primary sulfonamides is 1. The number of carbonyl (C=O) groups is 2. The number of amides is 1. The van der Waals surface area contributed by atoms with Crippen LogP contribution in [0.3, 0.4) is 0 Å². The van der Waals surface area contributed by atoms with Crippen molar-refractivity contribution in [1.82, 2.24) is 5.32 Å². The molecule has 0 aliphatic heterocycles. The van der Waals surface area contributed by atoms with Crippen LogP contribution >= 0.6 is 0 Å². The number of nitrogens with two attached hydrogens (primary N) is 1. The lowest BCUT2D eigenvalue weighted by Crippen LogP contribution is -2.23. The molecule has 0 aliphatic rings. The molecule has 0 atom stereocenters. The van der Waals surface area contributed by atoms with Crippen LogP contribution in [0.5, 0.6) is 5.75 Å². The van der Waals surface area contributed by atoms with E-state index in [9.17, 15) is 18.0 Å². The van der Waals surface area contributed by atoms with E-state index in [-0.39, 0.29) is 36.0 Å². The van der Waals surface area contributed by atoms with Crippen LogP contribution in [0.25, 0.3) is 0 Å². The zero-order valence-corrected chi connectivity index (χ0v) is 15.8. The Balaban J connectivity index is 1.83. The van der Waals surface area contributed by atoms with E-state index in [1.165, 1.54) is 12.1 Å². The van der Waals surface area contributed by atoms with E-state index in [0.717, 1.165) is 0 Å². The van der Waals surface area contributed by atoms with Crippen molar-refractivity contribution in [3.05, 3.63) is 59.7 Å². The highest BCUT2D eigenvalue weighted by Crippen LogP contribution is 2.14. The van der Waals surface area contributed by atoms with E-state index < -0.39 is 10.0 Å². The molecule has 0 saturated heterocycles. The molecule has 7 nitrogen and oxygen atoms in total. The maximum Gasteiger partial charge on any atom is 0.238 e. The molecule has 0 radical (unpaired) electrons. The monoisotopic (exact) mass is 390 g/mol. The predicted octanol–water partition coefficient (Wildman–Crippen LogP) is 2.01. The molecule has 2 aromatic carbocycles. The quantitative estimate of drug-likeness (QED) is 0.636. The second-order valence-electron chi connectivity index (χ2n) is 5.85. The number of ketones is 1. The van der Waals surface area contributed by atoms with Gasteiger partial charge in [-0.15, -0.1) is 0 Å². The second kappa shape index (κ2) is 9.29. The van der Waals surface area contributed by atoms with Gasteiger partial charge >= 0.3 is 0 Å². The summed E-state index contributed by atoms with van der Waals surface area (Å²) in [4.78, 5) is 24.1. The standard InChI is InChI=1S/C19H22N2O5S/c1-2-26-16-8-6-15(7-9-16)18(22)10-11-19(23)21-13-14-4-3-5-17(12-14)27(20,24)25/h3-9,12H,2,10-11,13H2,1H3,(H,21,23)(H2,20,24,25). The lowest BCUT2D eigenvalue weighted by Gasteiger charge is -2.07. The van der Waals surface area contributed by atoms with Gasteiger partial charge in [-0.2, -0.15) is 0 Å². The second-order valence-corrected chi connectivity index (χ2v) is 7.41. The molecule has 0 fully saturated rings. The Labute approximate surface area is 158 Å². The maximum atomic E-state index is 12.1. The molecule has 3 N–H and O–H groups in total. The summed E-state index contributed by atoms with van der Waals surface area (Å²) in [5.41, 5.74) is 1.12. The maximum absolute atomic E-state index is 12.1. The number of sulfonamides is 1. The number of nitrogens with one attached hydrogen (secondary N) is 1. The number of ether oxygens (including phenoxy) is 1. The van der Waals surface area contributed by atoms with E-state index in [2.05, 4.69) is 5.32 Å². The fourth-order valence-corrected chi connectivity index (χ4v) is 2.98. The van der Waals surface area contributed by atoms with Gasteiger partial charge in [0.15, 0.2) is 5.78 Å². The molecule has 2 rings (SSSR count). The molecule has 2 aromatic rings. The Bertz CT molecular complexity index is 908. The molecule has 1 amide bonds. The van der Waals surface area contributed by atoms with Crippen LogP contribution in [-0.4, -0.2) is 26.7 Å². The molecule has 0 aliphatic carbocycles. The normalized spacial score (nSPS) is 11.0. The summed E-state index contributed by atoms with van der Waals surface area (Å²) in [6, 6.07) is 12.8. The number of rotatable bonds is 9. The van der Waals surface area contributed by atoms with Crippen molar-refractivity contribution >= 4 is 21.7 Å². The van der Waals surface area contributed by atoms with Gasteiger partial charge < -0.3 is 10.1 Å². The van der Waals surface area contributed by atoms with Crippen LogP contribution in [0.1, 0.15) is 35.7 Å². The van der Waals surface area contributed by atoms with Gasteiger partial charge in [0.05, 0.1) is 11.5 Å².